The molecule has 23 heavy (non-hydrogen) atoms. The van der Waals surface area contributed by atoms with E-state index in [2.05, 4.69) is 16.4 Å². The summed E-state index contributed by atoms with van der Waals surface area (Å²) in [6.07, 6.45) is 6.30. The normalized spacial score (nSPS) is 20.5. The number of nitrogens with one attached hydrogen (secondary N) is 1. The highest BCUT2D eigenvalue weighted by atomic mass is 16.2. The van der Waals surface area contributed by atoms with Crippen molar-refractivity contribution in [2.24, 2.45) is 0 Å². The van der Waals surface area contributed by atoms with Crippen LogP contribution in [0.3, 0.4) is 0 Å². The summed E-state index contributed by atoms with van der Waals surface area (Å²) in [5, 5.41) is 3.51. The molecule has 1 atom stereocenters. The summed E-state index contributed by atoms with van der Waals surface area (Å²) in [6, 6.07) is 14.3. The predicted molar refractivity (Wildman–Crippen MR) is 90.3 cm³/mol. The Hall–Kier alpha value is -2.36. The molecule has 2 aromatic rings. The number of benzene rings is 1. The van der Waals surface area contributed by atoms with Crippen LogP contribution in [0.25, 0.3) is 0 Å². The van der Waals surface area contributed by atoms with E-state index in [1.807, 2.05) is 47.5 Å². The first-order chi connectivity index (χ1) is 11.3. The van der Waals surface area contributed by atoms with Crippen molar-refractivity contribution in [2.75, 3.05) is 11.9 Å². The van der Waals surface area contributed by atoms with Gasteiger partial charge in [0.1, 0.15) is 5.82 Å². The number of pyridine rings is 1. The lowest BCUT2D eigenvalue weighted by molar-refractivity contribution is 0.0736. The SMILES string of the molecule is O=C(c1ccccc1)N1CCCC1c1cccnc1NC1CC1. The van der Waals surface area contributed by atoms with Crippen molar-refractivity contribution in [3.8, 4) is 0 Å². The number of rotatable bonds is 4. The number of carbonyl (C=O) groups excluding carboxylic acids is 1. The average Bonchev–Trinajstić information content (AvgIpc) is 3.28. The van der Waals surface area contributed by atoms with Gasteiger partial charge in [-0.25, -0.2) is 4.98 Å². The molecule has 4 nitrogen and oxygen atoms in total. The second-order valence-corrected chi connectivity index (χ2v) is 6.38. The van der Waals surface area contributed by atoms with E-state index in [0.29, 0.717) is 6.04 Å². The molecule has 1 saturated heterocycles. The standard InChI is InChI=1S/C19H21N3O/c23-19(14-6-2-1-3-7-14)22-13-5-9-17(22)16-8-4-12-20-18(16)21-15-10-11-15/h1-4,6-8,12,15,17H,5,9-11,13H2,(H,20,21). The fourth-order valence-electron chi connectivity index (χ4n) is 3.31. The molecule has 0 bridgehead atoms. The predicted octanol–water partition coefficient (Wildman–Crippen LogP) is 3.63. The van der Waals surface area contributed by atoms with Gasteiger partial charge in [0, 0.05) is 29.9 Å². The molecular weight excluding hydrogens is 286 g/mol. The summed E-state index contributed by atoms with van der Waals surface area (Å²) < 4.78 is 0. The maximum Gasteiger partial charge on any atom is 0.254 e. The van der Waals surface area contributed by atoms with Gasteiger partial charge in [0.2, 0.25) is 0 Å². The maximum absolute atomic E-state index is 12.9. The Balaban J connectivity index is 1.62. The molecule has 2 heterocycles. The quantitative estimate of drug-likeness (QED) is 0.938. The van der Waals surface area contributed by atoms with Crippen molar-refractivity contribution >= 4 is 11.7 Å². The minimum Gasteiger partial charge on any atom is -0.367 e. The molecule has 1 aliphatic carbocycles. The van der Waals surface area contributed by atoms with Gasteiger partial charge in [0.05, 0.1) is 6.04 Å². The summed E-state index contributed by atoms with van der Waals surface area (Å²) in [6.45, 7) is 0.816. The summed E-state index contributed by atoms with van der Waals surface area (Å²) >= 11 is 0. The van der Waals surface area contributed by atoms with Gasteiger partial charge in [0.15, 0.2) is 0 Å². The van der Waals surface area contributed by atoms with E-state index in [0.717, 1.165) is 36.3 Å². The topological polar surface area (TPSA) is 45.2 Å². The summed E-state index contributed by atoms with van der Waals surface area (Å²) in [7, 11) is 0. The van der Waals surface area contributed by atoms with E-state index in [4.69, 9.17) is 0 Å². The van der Waals surface area contributed by atoms with Gasteiger partial charge in [-0.15, -0.1) is 0 Å². The third kappa shape index (κ3) is 2.93. The van der Waals surface area contributed by atoms with Gasteiger partial charge >= 0.3 is 0 Å². The van der Waals surface area contributed by atoms with E-state index >= 15 is 0 Å². The molecule has 4 heteroatoms. The average molecular weight is 307 g/mol. The Labute approximate surface area is 136 Å². The monoisotopic (exact) mass is 307 g/mol. The first kappa shape index (κ1) is 14.2. The van der Waals surface area contributed by atoms with Gasteiger partial charge in [-0.2, -0.15) is 0 Å². The Kier molecular flexibility index (Phi) is 3.74. The van der Waals surface area contributed by atoms with Crippen LogP contribution >= 0.6 is 0 Å². The largest absolute Gasteiger partial charge is 0.367 e. The Morgan fingerprint density at radius 1 is 1.09 bits per heavy atom. The zero-order valence-electron chi connectivity index (χ0n) is 13.1. The van der Waals surface area contributed by atoms with Gasteiger partial charge in [0.25, 0.3) is 5.91 Å². The van der Waals surface area contributed by atoms with Crippen molar-refractivity contribution in [3.05, 3.63) is 59.8 Å². The van der Waals surface area contributed by atoms with Gasteiger partial charge in [-0.05, 0) is 43.9 Å². The molecule has 0 spiro atoms. The second-order valence-electron chi connectivity index (χ2n) is 6.38. The van der Waals surface area contributed by atoms with Crippen LogP contribution in [-0.4, -0.2) is 28.4 Å². The molecule has 1 N–H and O–H groups in total. The van der Waals surface area contributed by atoms with Crippen LogP contribution in [0.1, 0.15) is 47.6 Å². The number of amides is 1. The highest BCUT2D eigenvalue weighted by Gasteiger charge is 2.33. The summed E-state index contributed by atoms with van der Waals surface area (Å²) in [5.41, 5.74) is 1.92. The minimum atomic E-state index is 0.120. The number of nitrogens with zero attached hydrogens (tertiary/aromatic N) is 2. The molecular formula is C19H21N3O. The Bertz CT molecular complexity index is 697. The van der Waals surface area contributed by atoms with Crippen LogP contribution in [0.15, 0.2) is 48.7 Å². The molecule has 4 rings (SSSR count). The van der Waals surface area contributed by atoms with Crippen LogP contribution in [0, 0.1) is 0 Å². The summed E-state index contributed by atoms with van der Waals surface area (Å²) in [5.74, 6) is 1.07. The van der Waals surface area contributed by atoms with Crippen molar-refractivity contribution in [2.45, 2.75) is 37.8 Å². The Morgan fingerprint density at radius 3 is 2.70 bits per heavy atom. The van der Waals surface area contributed by atoms with Crippen molar-refractivity contribution in [1.82, 2.24) is 9.88 Å². The number of hydrogen-bond acceptors (Lipinski definition) is 3. The number of anilines is 1. The number of aromatic nitrogens is 1. The molecule has 118 valence electrons. The molecule has 2 aliphatic rings. The summed E-state index contributed by atoms with van der Waals surface area (Å²) in [4.78, 5) is 19.4. The molecule has 1 unspecified atom stereocenters. The third-order valence-electron chi connectivity index (χ3n) is 4.65. The molecule has 1 aromatic carbocycles. The molecule has 2 fully saturated rings. The van der Waals surface area contributed by atoms with E-state index in [-0.39, 0.29) is 11.9 Å². The van der Waals surface area contributed by atoms with Gasteiger partial charge in [-0.1, -0.05) is 24.3 Å². The first-order valence-corrected chi connectivity index (χ1v) is 8.40. The lowest BCUT2D eigenvalue weighted by atomic mass is 10.0. The van der Waals surface area contributed by atoms with Crippen LogP contribution in [0.2, 0.25) is 0 Å². The van der Waals surface area contributed by atoms with Crippen LogP contribution in [0.5, 0.6) is 0 Å². The number of carbonyl (C=O) groups is 1. The molecule has 1 aromatic heterocycles. The lowest BCUT2D eigenvalue weighted by Gasteiger charge is -2.26. The maximum atomic E-state index is 12.9. The number of hydrogen-bond donors (Lipinski definition) is 1. The molecule has 0 radical (unpaired) electrons. The zero-order valence-corrected chi connectivity index (χ0v) is 13.1. The Morgan fingerprint density at radius 2 is 1.91 bits per heavy atom. The van der Waals surface area contributed by atoms with E-state index in [1.54, 1.807) is 0 Å². The van der Waals surface area contributed by atoms with Crippen LogP contribution in [0.4, 0.5) is 5.82 Å². The minimum absolute atomic E-state index is 0.120. The fourth-order valence-corrected chi connectivity index (χ4v) is 3.31. The number of likely N-dealkylation sites (tertiary alicyclic amines) is 1. The van der Waals surface area contributed by atoms with Crippen molar-refractivity contribution < 1.29 is 4.79 Å². The van der Waals surface area contributed by atoms with E-state index in [9.17, 15) is 4.79 Å². The lowest BCUT2D eigenvalue weighted by Crippen LogP contribution is -2.31. The molecule has 1 amide bonds. The smallest absolute Gasteiger partial charge is 0.254 e. The zero-order chi connectivity index (χ0) is 15.6. The third-order valence-corrected chi connectivity index (χ3v) is 4.65. The second kappa shape index (κ2) is 6.03. The molecule has 1 aliphatic heterocycles. The van der Waals surface area contributed by atoms with Gasteiger partial charge < -0.3 is 10.2 Å². The fraction of sp³-hybridized carbons (Fsp3) is 0.368. The highest BCUT2D eigenvalue weighted by Crippen LogP contribution is 2.37. The van der Waals surface area contributed by atoms with Crippen LogP contribution in [-0.2, 0) is 0 Å². The van der Waals surface area contributed by atoms with Crippen LogP contribution < -0.4 is 5.32 Å². The van der Waals surface area contributed by atoms with Crippen molar-refractivity contribution in [1.29, 1.82) is 0 Å². The molecule has 1 saturated carbocycles. The van der Waals surface area contributed by atoms with E-state index in [1.165, 1.54) is 12.8 Å². The van der Waals surface area contributed by atoms with Gasteiger partial charge in [-0.3, -0.25) is 4.79 Å². The van der Waals surface area contributed by atoms with Crippen molar-refractivity contribution in [3.63, 3.8) is 0 Å². The van der Waals surface area contributed by atoms with E-state index < -0.39 is 0 Å². The highest BCUT2D eigenvalue weighted by molar-refractivity contribution is 5.94. The first-order valence-electron chi connectivity index (χ1n) is 8.40.